The Morgan fingerprint density at radius 3 is 1.52 bits per heavy atom. The topological polar surface area (TPSA) is 136 Å². The highest BCUT2D eigenvalue weighted by Crippen LogP contribution is 2.41. The van der Waals surface area contributed by atoms with E-state index in [1.807, 2.05) is 60.9 Å². The Labute approximate surface area is 361 Å². The zero-order chi connectivity index (χ0) is 42.8. The predicted molar refractivity (Wildman–Crippen MR) is 242 cm³/mol. The first-order valence-corrected chi connectivity index (χ1v) is 22.9. The maximum Gasteiger partial charge on any atom is 0.337 e. The van der Waals surface area contributed by atoms with Crippen LogP contribution in [0.3, 0.4) is 0 Å². The number of aromatic nitrogens is 4. The summed E-state index contributed by atoms with van der Waals surface area (Å²) in [6.07, 6.45) is 14.2. The van der Waals surface area contributed by atoms with Gasteiger partial charge in [-0.1, -0.05) is 84.9 Å². The molecule has 1 amide bonds. The van der Waals surface area contributed by atoms with Crippen LogP contribution < -0.4 is 4.72 Å². The third-order valence-corrected chi connectivity index (χ3v) is 12.3. The van der Waals surface area contributed by atoms with Crippen molar-refractivity contribution in [1.82, 2.24) is 23.8 Å². The second kappa shape index (κ2) is 17.3. The minimum Gasteiger partial charge on any atom is -0.478 e. The predicted octanol–water partition coefficient (Wildman–Crippen LogP) is 9.49. The number of carbonyl (C=O) groups is 2. The average Bonchev–Trinajstić information content (AvgIpc) is 4.21. The molecule has 2 aliphatic carbocycles. The summed E-state index contributed by atoms with van der Waals surface area (Å²) < 4.78 is 29.9. The minimum absolute atomic E-state index is 0.325. The molecule has 2 fully saturated rings. The summed E-state index contributed by atoms with van der Waals surface area (Å²) in [5, 5.41) is 11.9. The van der Waals surface area contributed by atoms with E-state index >= 15 is 0 Å². The van der Waals surface area contributed by atoms with Crippen LogP contribution in [0.2, 0.25) is 0 Å². The van der Waals surface area contributed by atoms with Gasteiger partial charge in [0.15, 0.2) is 0 Å². The highest BCUT2D eigenvalue weighted by Gasteiger charge is 2.28. The summed E-state index contributed by atoms with van der Waals surface area (Å²) in [4.78, 5) is 33.8. The van der Waals surface area contributed by atoms with Crippen LogP contribution in [0.4, 0.5) is 0 Å². The molecule has 11 heteroatoms. The summed E-state index contributed by atoms with van der Waals surface area (Å²) in [5.41, 5.74) is 10.8. The lowest BCUT2D eigenvalue weighted by molar-refractivity contribution is 0.0694. The van der Waals surface area contributed by atoms with Crippen LogP contribution in [-0.2, 0) is 36.0 Å². The molecular weight excluding hydrogens is 795 g/mol. The van der Waals surface area contributed by atoms with Crippen molar-refractivity contribution in [3.05, 3.63) is 202 Å². The van der Waals surface area contributed by atoms with Gasteiger partial charge in [-0.25, -0.2) is 17.9 Å². The fraction of sp³-hybridized carbons (Fsp3) is 0.216. The van der Waals surface area contributed by atoms with Gasteiger partial charge in [-0.2, -0.15) is 0 Å². The SMILES string of the molecule is CS(=O)(=O)NC(=O)c1cc(C2CC2)cnc1Cc1cccc2c1ccn2Cc1ccccc1.O=C(O)c1cc(C2CC2)cnc1Cc1cccc2c1ccn2Cc1ccccc1. The first-order valence-electron chi connectivity index (χ1n) is 21.0. The van der Waals surface area contributed by atoms with Crippen LogP contribution >= 0.6 is 0 Å². The second-order valence-electron chi connectivity index (χ2n) is 16.5. The van der Waals surface area contributed by atoms with Crippen molar-refractivity contribution >= 4 is 43.7 Å². The number of carboxylic acids is 1. The molecule has 10 nitrogen and oxygen atoms in total. The Hall–Kier alpha value is -6.85. The summed E-state index contributed by atoms with van der Waals surface area (Å²) in [6.45, 7) is 1.58. The first kappa shape index (κ1) is 40.6. The van der Waals surface area contributed by atoms with Crippen molar-refractivity contribution in [1.29, 1.82) is 0 Å². The number of hydrogen-bond donors (Lipinski definition) is 2. The van der Waals surface area contributed by atoms with Crippen molar-refractivity contribution in [2.24, 2.45) is 0 Å². The minimum atomic E-state index is -3.67. The lowest BCUT2D eigenvalue weighted by atomic mass is 10.00. The maximum atomic E-state index is 12.8. The fourth-order valence-electron chi connectivity index (χ4n) is 8.26. The van der Waals surface area contributed by atoms with Crippen molar-refractivity contribution in [2.75, 3.05) is 6.26 Å². The van der Waals surface area contributed by atoms with Crippen LogP contribution in [0.1, 0.15) is 103 Å². The van der Waals surface area contributed by atoms with Gasteiger partial charge in [0.2, 0.25) is 10.0 Å². The molecule has 2 N–H and O–H groups in total. The second-order valence-corrected chi connectivity index (χ2v) is 18.2. The molecule has 4 aromatic carbocycles. The molecule has 0 bridgehead atoms. The van der Waals surface area contributed by atoms with Crippen LogP contribution in [-0.4, -0.2) is 50.8 Å². The molecule has 0 spiro atoms. The van der Waals surface area contributed by atoms with Gasteiger partial charge in [-0.15, -0.1) is 0 Å². The summed E-state index contributed by atoms with van der Waals surface area (Å²) in [5.74, 6) is -0.628. The highest BCUT2D eigenvalue weighted by molar-refractivity contribution is 7.89. The number of pyridine rings is 2. The molecule has 0 radical (unpaired) electrons. The lowest BCUT2D eigenvalue weighted by Crippen LogP contribution is -2.30. The fourth-order valence-corrected chi connectivity index (χ4v) is 8.71. The molecule has 0 unspecified atom stereocenters. The Bertz CT molecular complexity index is 3040. The Morgan fingerprint density at radius 2 is 1.08 bits per heavy atom. The molecule has 4 heterocycles. The zero-order valence-corrected chi connectivity index (χ0v) is 35.3. The van der Waals surface area contributed by atoms with E-state index in [1.165, 1.54) is 11.1 Å². The van der Waals surface area contributed by atoms with Crippen LogP contribution in [0.5, 0.6) is 0 Å². The largest absolute Gasteiger partial charge is 0.478 e. The lowest BCUT2D eigenvalue weighted by Gasteiger charge is -2.12. The quantitative estimate of drug-likeness (QED) is 0.118. The van der Waals surface area contributed by atoms with Crippen LogP contribution in [0.25, 0.3) is 21.8 Å². The number of nitrogens with zero attached hydrogens (tertiary/aromatic N) is 4. The molecule has 8 aromatic rings. The van der Waals surface area contributed by atoms with Gasteiger partial charge in [-0.3, -0.25) is 14.8 Å². The number of carboxylic acid groups (broad SMARTS) is 1. The average molecular weight is 842 g/mol. The Morgan fingerprint density at radius 1 is 0.629 bits per heavy atom. The number of nitrogens with one attached hydrogen (secondary N) is 1. The molecular formula is C51H47N5O5S. The molecule has 312 valence electrons. The molecule has 0 saturated heterocycles. The van der Waals surface area contributed by atoms with Gasteiger partial charge in [0.25, 0.3) is 5.91 Å². The van der Waals surface area contributed by atoms with E-state index in [4.69, 9.17) is 0 Å². The van der Waals surface area contributed by atoms with E-state index in [2.05, 4.69) is 103 Å². The van der Waals surface area contributed by atoms with Gasteiger partial charge in [0.05, 0.1) is 28.8 Å². The monoisotopic (exact) mass is 841 g/mol. The number of hydrogen-bond acceptors (Lipinski definition) is 6. The van der Waals surface area contributed by atoms with Gasteiger partial charge in [0, 0.05) is 72.5 Å². The number of rotatable bonds is 13. The van der Waals surface area contributed by atoms with Crippen LogP contribution in [0, 0.1) is 0 Å². The molecule has 2 aliphatic rings. The van der Waals surface area contributed by atoms with E-state index in [0.717, 1.165) is 89.1 Å². The third kappa shape index (κ3) is 9.38. The summed E-state index contributed by atoms with van der Waals surface area (Å²) in [6, 6.07) is 40.8. The van der Waals surface area contributed by atoms with E-state index < -0.39 is 21.9 Å². The van der Waals surface area contributed by atoms with Crippen molar-refractivity contribution in [2.45, 2.75) is 63.5 Å². The van der Waals surface area contributed by atoms with Crippen molar-refractivity contribution in [3.8, 4) is 0 Å². The van der Waals surface area contributed by atoms with Gasteiger partial charge in [-0.05, 0) is 107 Å². The van der Waals surface area contributed by atoms with Crippen molar-refractivity contribution in [3.63, 3.8) is 0 Å². The number of amides is 1. The molecule has 2 saturated carbocycles. The first-order chi connectivity index (χ1) is 30.1. The number of carbonyl (C=O) groups excluding carboxylic acids is 1. The highest BCUT2D eigenvalue weighted by atomic mass is 32.2. The number of benzene rings is 4. The normalized spacial score (nSPS) is 13.8. The number of aromatic carboxylic acids is 1. The zero-order valence-electron chi connectivity index (χ0n) is 34.4. The molecule has 0 aliphatic heterocycles. The van der Waals surface area contributed by atoms with Crippen molar-refractivity contribution < 1.29 is 23.1 Å². The van der Waals surface area contributed by atoms with E-state index in [0.29, 0.717) is 47.2 Å². The van der Waals surface area contributed by atoms with Gasteiger partial charge in [0.1, 0.15) is 0 Å². The summed E-state index contributed by atoms with van der Waals surface area (Å²) in [7, 11) is -3.67. The number of sulfonamides is 1. The van der Waals surface area contributed by atoms with Gasteiger partial charge >= 0.3 is 5.97 Å². The molecule has 4 aromatic heterocycles. The smallest absolute Gasteiger partial charge is 0.337 e. The standard InChI is InChI=1S/C26H25N3O3S.C25H22N2O2/c1-33(31,32)28-26(30)23-14-21(19-10-11-19)16-27-24(23)15-20-8-5-9-25-22(20)12-13-29(25)17-18-6-3-2-4-7-18;28-25(29)22-13-20(18-9-10-18)15-26-23(22)14-19-7-4-8-24-21(19)11-12-27(24)16-17-5-2-1-3-6-17/h2-9,12-14,16,19H,10-11,15,17H2,1H3,(H,28,30);1-8,11-13,15,18H,9-10,14,16H2,(H,28,29). The third-order valence-electron chi connectivity index (χ3n) is 11.7. The van der Waals surface area contributed by atoms with E-state index in [1.54, 1.807) is 6.07 Å². The Balaban J connectivity index is 0.000000159. The summed E-state index contributed by atoms with van der Waals surface area (Å²) >= 11 is 0. The van der Waals surface area contributed by atoms with Crippen LogP contribution in [0.15, 0.2) is 146 Å². The number of fused-ring (bicyclic) bond motifs is 2. The molecule has 10 rings (SSSR count). The maximum absolute atomic E-state index is 12.8. The molecule has 62 heavy (non-hydrogen) atoms. The van der Waals surface area contributed by atoms with Gasteiger partial charge < -0.3 is 14.2 Å². The van der Waals surface area contributed by atoms with E-state index in [-0.39, 0.29) is 0 Å². The van der Waals surface area contributed by atoms with E-state index in [9.17, 15) is 23.1 Å². The Kier molecular flexibility index (Phi) is 11.3. The molecule has 0 atom stereocenters.